The van der Waals surface area contributed by atoms with Gasteiger partial charge in [0, 0.05) is 5.57 Å². The third-order valence-electron chi connectivity index (χ3n) is 3.94. The van der Waals surface area contributed by atoms with Gasteiger partial charge in [-0.15, -0.1) is 0 Å². The number of hydrogen-bond acceptors (Lipinski definition) is 4. The van der Waals surface area contributed by atoms with Gasteiger partial charge in [-0.2, -0.15) is 0 Å². The van der Waals surface area contributed by atoms with Crippen LogP contribution >= 0.6 is 0 Å². The van der Waals surface area contributed by atoms with E-state index in [9.17, 15) is 9.90 Å². The maximum atomic E-state index is 10.8. The van der Waals surface area contributed by atoms with E-state index in [0.717, 1.165) is 6.42 Å². The summed E-state index contributed by atoms with van der Waals surface area (Å²) in [6.45, 7) is 5.32. The van der Waals surface area contributed by atoms with Gasteiger partial charge in [-0.25, -0.2) is 9.68 Å². The van der Waals surface area contributed by atoms with Gasteiger partial charge in [0.25, 0.3) is 0 Å². The molecular weight excluding hydrogens is 260 g/mol. The predicted molar refractivity (Wildman–Crippen MR) is 75.2 cm³/mol. The fourth-order valence-corrected chi connectivity index (χ4v) is 2.34. The van der Waals surface area contributed by atoms with Crippen molar-refractivity contribution < 1.29 is 25.2 Å². The van der Waals surface area contributed by atoms with Crippen molar-refractivity contribution in [1.82, 2.24) is 0 Å². The summed E-state index contributed by atoms with van der Waals surface area (Å²) in [5, 5.41) is 27.7. The molecule has 0 spiro atoms. The van der Waals surface area contributed by atoms with Crippen LogP contribution in [0.4, 0.5) is 0 Å². The van der Waals surface area contributed by atoms with Crippen LogP contribution in [0, 0.1) is 11.8 Å². The van der Waals surface area contributed by atoms with Crippen LogP contribution in [-0.4, -0.2) is 33.1 Å². The molecule has 3 N–H and O–H groups in total. The second-order valence-corrected chi connectivity index (χ2v) is 5.97. The summed E-state index contributed by atoms with van der Waals surface area (Å²) in [6, 6.07) is 0. The highest BCUT2D eigenvalue weighted by molar-refractivity contribution is 5.86. The molecule has 1 aliphatic carbocycles. The Morgan fingerprint density at radius 2 is 2.20 bits per heavy atom. The number of hydrogen-bond donors (Lipinski definition) is 3. The summed E-state index contributed by atoms with van der Waals surface area (Å²) in [5.74, 6) is -0.568. The average Bonchev–Trinajstić information content (AvgIpc) is 2.44. The fraction of sp³-hybridized carbons (Fsp3) is 0.667. The number of carboxylic acid groups (broad SMARTS) is 1. The van der Waals surface area contributed by atoms with E-state index in [0.29, 0.717) is 18.4 Å². The van der Waals surface area contributed by atoms with Crippen molar-refractivity contribution in [1.29, 1.82) is 0 Å². The van der Waals surface area contributed by atoms with E-state index in [-0.39, 0.29) is 11.8 Å². The van der Waals surface area contributed by atoms with Gasteiger partial charge in [-0.3, -0.25) is 5.26 Å². The fourth-order valence-electron chi connectivity index (χ4n) is 2.34. The minimum Gasteiger partial charge on any atom is -0.478 e. The van der Waals surface area contributed by atoms with Gasteiger partial charge in [0.05, 0.1) is 6.10 Å². The Kier molecular flexibility index (Phi) is 5.92. The zero-order valence-electron chi connectivity index (χ0n) is 12.2. The SMILES string of the molecule is CC(C(O)/C=C/C(C)(C)OO)C1CC=C(C(=O)O)CC1. The summed E-state index contributed by atoms with van der Waals surface area (Å²) in [5.41, 5.74) is -0.364. The molecule has 114 valence electrons. The first-order valence-electron chi connectivity index (χ1n) is 6.89. The van der Waals surface area contributed by atoms with E-state index in [4.69, 9.17) is 10.4 Å². The Morgan fingerprint density at radius 3 is 2.65 bits per heavy atom. The summed E-state index contributed by atoms with van der Waals surface area (Å²) in [4.78, 5) is 15.1. The molecule has 0 bridgehead atoms. The molecule has 0 fully saturated rings. The van der Waals surface area contributed by atoms with E-state index >= 15 is 0 Å². The zero-order chi connectivity index (χ0) is 15.3. The molecule has 0 aliphatic heterocycles. The number of rotatable bonds is 6. The smallest absolute Gasteiger partial charge is 0.331 e. The molecule has 0 saturated carbocycles. The Hall–Kier alpha value is -1.17. The predicted octanol–water partition coefficient (Wildman–Crippen LogP) is 2.62. The largest absolute Gasteiger partial charge is 0.478 e. The molecule has 0 amide bonds. The van der Waals surface area contributed by atoms with Crippen LogP contribution in [0.15, 0.2) is 23.8 Å². The Labute approximate surface area is 119 Å². The van der Waals surface area contributed by atoms with Crippen molar-refractivity contribution in [2.75, 3.05) is 0 Å². The van der Waals surface area contributed by atoms with Gasteiger partial charge >= 0.3 is 5.97 Å². The number of aliphatic hydroxyl groups is 1. The molecule has 0 heterocycles. The van der Waals surface area contributed by atoms with Gasteiger partial charge in [0.2, 0.25) is 0 Å². The number of aliphatic hydroxyl groups excluding tert-OH is 1. The van der Waals surface area contributed by atoms with Crippen molar-refractivity contribution in [3.63, 3.8) is 0 Å². The average molecular weight is 284 g/mol. The van der Waals surface area contributed by atoms with Gasteiger partial charge < -0.3 is 10.2 Å². The highest BCUT2D eigenvalue weighted by Gasteiger charge is 2.26. The Morgan fingerprint density at radius 1 is 1.55 bits per heavy atom. The summed E-state index contributed by atoms with van der Waals surface area (Å²) >= 11 is 0. The molecule has 1 rings (SSSR count). The van der Waals surface area contributed by atoms with Crippen LogP contribution < -0.4 is 0 Å². The second kappa shape index (κ2) is 7.02. The molecule has 20 heavy (non-hydrogen) atoms. The molecule has 3 atom stereocenters. The van der Waals surface area contributed by atoms with Gasteiger partial charge in [0.15, 0.2) is 0 Å². The van der Waals surface area contributed by atoms with Gasteiger partial charge in [-0.05, 0) is 44.9 Å². The van der Waals surface area contributed by atoms with Crippen LogP contribution in [0.2, 0.25) is 0 Å². The minimum absolute atomic E-state index is 0.0207. The van der Waals surface area contributed by atoms with Crippen LogP contribution in [0.5, 0.6) is 0 Å². The summed E-state index contributed by atoms with van der Waals surface area (Å²) in [7, 11) is 0. The Balaban J connectivity index is 2.59. The lowest BCUT2D eigenvalue weighted by atomic mass is 9.79. The van der Waals surface area contributed by atoms with E-state index in [1.165, 1.54) is 0 Å². The molecule has 0 saturated heterocycles. The van der Waals surface area contributed by atoms with Crippen LogP contribution in [-0.2, 0) is 9.68 Å². The second-order valence-electron chi connectivity index (χ2n) is 5.97. The molecule has 0 radical (unpaired) electrons. The quantitative estimate of drug-likeness (QED) is 0.396. The van der Waals surface area contributed by atoms with Crippen molar-refractivity contribution in [2.24, 2.45) is 11.8 Å². The van der Waals surface area contributed by atoms with Gasteiger partial charge in [-0.1, -0.05) is 25.2 Å². The maximum Gasteiger partial charge on any atom is 0.331 e. The molecule has 1 aliphatic rings. The molecule has 5 nitrogen and oxygen atoms in total. The maximum absolute atomic E-state index is 10.8. The topological polar surface area (TPSA) is 87.0 Å². The first kappa shape index (κ1) is 16.9. The van der Waals surface area contributed by atoms with E-state index < -0.39 is 17.7 Å². The Bertz CT molecular complexity index is 397. The van der Waals surface area contributed by atoms with E-state index in [1.54, 1.807) is 32.1 Å². The first-order chi connectivity index (χ1) is 9.26. The van der Waals surface area contributed by atoms with E-state index in [2.05, 4.69) is 4.89 Å². The lowest BCUT2D eigenvalue weighted by Gasteiger charge is -2.29. The van der Waals surface area contributed by atoms with Crippen molar-refractivity contribution in [3.8, 4) is 0 Å². The molecule has 5 heteroatoms. The normalized spacial score (nSPS) is 23.4. The first-order valence-corrected chi connectivity index (χ1v) is 6.89. The number of aliphatic carboxylic acids is 1. The lowest BCUT2D eigenvalue weighted by Crippen LogP contribution is -2.27. The number of carboxylic acids is 1. The third kappa shape index (κ3) is 4.74. The standard InChI is InChI=1S/C15H24O5/c1-10(13(16)8-9-15(2,3)20-19)11-4-6-12(7-5-11)14(17)18/h6,8-11,13,16,19H,4-5,7H2,1-3H3,(H,17,18)/b9-8+. The summed E-state index contributed by atoms with van der Waals surface area (Å²) in [6.07, 6.45) is 6.34. The lowest BCUT2D eigenvalue weighted by molar-refractivity contribution is -0.297. The monoisotopic (exact) mass is 284 g/mol. The molecule has 0 aromatic carbocycles. The summed E-state index contributed by atoms with van der Waals surface area (Å²) < 4.78 is 0. The number of allylic oxidation sites excluding steroid dienone is 1. The highest BCUT2D eigenvalue weighted by Crippen LogP contribution is 2.31. The third-order valence-corrected chi connectivity index (χ3v) is 3.94. The van der Waals surface area contributed by atoms with Crippen molar-refractivity contribution in [3.05, 3.63) is 23.8 Å². The van der Waals surface area contributed by atoms with Crippen LogP contribution in [0.25, 0.3) is 0 Å². The zero-order valence-corrected chi connectivity index (χ0v) is 12.2. The van der Waals surface area contributed by atoms with Crippen LogP contribution in [0.1, 0.15) is 40.0 Å². The van der Waals surface area contributed by atoms with Crippen LogP contribution in [0.3, 0.4) is 0 Å². The number of carbonyl (C=O) groups is 1. The highest BCUT2D eigenvalue weighted by atomic mass is 17.1. The molecule has 0 aromatic rings. The molecular formula is C15H24O5. The van der Waals surface area contributed by atoms with Gasteiger partial charge in [0.1, 0.15) is 5.60 Å². The van der Waals surface area contributed by atoms with Crippen molar-refractivity contribution >= 4 is 5.97 Å². The van der Waals surface area contributed by atoms with Crippen molar-refractivity contribution in [2.45, 2.75) is 51.7 Å². The molecule has 3 unspecified atom stereocenters. The minimum atomic E-state index is -0.849. The molecule has 0 aromatic heterocycles. The van der Waals surface area contributed by atoms with E-state index in [1.807, 2.05) is 6.92 Å².